The Bertz CT molecular complexity index is 640. The maximum atomic E-state index is 11.8. The Morgan fingerprint density at radius 1 is 1.00 bits per heavy atom. The van der Waals surface area contributed by atoms with Crippen molar-refractivity contribution in [3.8, 4) is 5.75 Å². The maximum Gasteiger partial charge on any atom is 0.310 e. The number of methoxy groups -OCH3 is 1. The van der Waals surface area contributed by atoms with Gasteiger partial charge in [-0.05, 0) is 18.2 Å². The SMILES string of the molecule is COc1ccccc1CC(=O)OCC(=O)Nc1ccccc1. The molecule has 0 unspecified atom stereocenters. The van der Waals surface area contributed by atoms with Gasteiger partial charge < -0.3 is 14.8 Å². The van der Waals surface area contributed by atoms with Crippen molar-refractivity contribution in [1.29, 1.82) is 0 Å². The van der Waals surface area contributed by atoms with Gasteiger partial charge in [0.15, 0.2) is 6.61 Å². The van der Waals surface area contributed by atoms with Crippen LogP contribution >= 0.6 is 0 Å². The van der Waals surface area contributed by atoms with Crippen LogP contribution in [-0.2, 0) is 20.7 Å². The van der Waals surface area contributed by atoms with E-state index < -0.39 is 5.97 Å². The Morgan fingerprint density at radius 2 is 1.68 bits per heavy atom. The van der Waals surface area contributed by atoms with Crippen LogP contribution in [0.3, 0.4) is 0 Å². The third-order valence-corrected chi connectivity index (χ3v) is 2.95. The van der Waals surface area contributed by atoms with E-state index in [2.05, 4.69) is 5.32 Å². The number of nitrogens with one attached hydrogen (secondary N) is 1. The number of amides is 1. The third-order valence-electron chi connectivity index (χ3n) is 2.95. The molecule has 1 N–H and O–H groups in total. The molecule has 0 bridgehead atoms. The van der Waals surface area contributed by atoms with Gasteiger partial charge in [-0.25, -0.2) is 0 Å². The summed E-state index contributed by atoms with van der Waals surface area (Å²) < 4.78 is 10.1. The Hall–Kier alpha value is -2.82. The summed E-state index contributed by atoms with van der Waals surface area (Å²) in [6, 6.07) is 16.2. The zero-order chi connectivity index (χ0) is 15.8. The van der Waals surface area contributed by atoms with Gasteiger partial charge in [-0.3, -0.25) is 9.59 Å². The highest BCUT2D eigenvalue weighted by Crippen LogP contribution is 2.18. The topological polar surface area (TPSA) is 64.6 Å². The first-order valence-corrected chi connectivity index (χ1v) is 6.81. The van der Waals surface area contributed by atoms with E-state index >= 15 is 0 Å². The number of ether oxygens (including phenoxy) is 2. The second-order valence-corrected chi connectivity index (χ2v) is 4.56. The second kappa shape index (κ2) is 7.83. The monoisotopic (exact) mass is 299 g/mol. The number of esters is 1. The van der Waals surface area contributed by atoms with Crippen molar-refractivity contribution in [2.24, 2.45) is 0 Å². The fraction of sp³-hybridized carbons (Fsp3) is 0.176. The lowest BCUT2D eigenvalue weighted by Crippen LogP contribution is -2.21. The molecule has 2 aromatic carbocycles. The molecule has 22 heavy (non-hydrogen) atoms. The molecule has 0 radical (unpaired) electrons. The molecule has 0 heterocycles. The Labute approximate surface area is 128 Å². The lowest BCUT2D eigenvalue weighted by atomic mass is 10.1. The third kappa shape index (κ3) is 4.63. The van der Waals surface area contributed by atoms with E-state index in [0.717, 1.165) is 5.56 Å². The Balaban J connectivity index is 1.81. The number of benzene rings is 2. The van der Waals surface area contributed by atoms with Crippen LogP contribution < -0.4 is 10.1 Å². The van der Waals surface area contributed by atoms with Crippen molar-refractivity contribution >= 4 is 17.6 Å². The molecule has 0 saturated heterocycles. The van der Waals surface area contributed by atoms with Gasteiger partial charge >= 0.3 is 5.97 Å². The molecular weight excluding hydrogens is 282 g/mol. The molecule has 0 fully saturated rings. The van der Waals surface area contributed by atoms with Crippen molar-refractivity contribution in [3.63, 3.8) is 0 Å². The van der Waals surface area contributed by atoms with Crippen LogP contribution in [-0.4, -0.2) is 25.6 Å². The van der Waals surface area contributed by atoms with E-state index in [4.69, 9.17) is 9.47 Å². The normalized spacial score (nSPS) is 9.86. The summed E-state index contributed by atoms with van der Waals surface area (Å²) in [5.74, 6) is -0.236. The molecular formula is C17H17NO4. The van der Waals surface area contributed by atoms with Gasteiger partial charge in [0.25, 0.3) is 5.91 Å². The largest absolute Gasteiger partial charge is 0.496 e. The standard InChI is InChI=1S/C17H17NO4/c1-21-15-10-6-5-7-13(15)11-17(20)22-12-16(19)18-14-8-3-2-4-9-14/h2-10H,11-12H2,1H3,(H,18,19). The van der Waals surface area contributed by atoms with E-state index in [0.29, 0.717) is 11.4 Å². The smallest absolute Gasteiger partial charge is 0.310 e. The molecule has 0 aliphatic heterocycles. The van der Waals surface area contributed by atoms with E-state index in [9.17, 15) is 9.59 Å². The van der Waals surface area contributed by atoms with Crippen LogP contribution in [0.25, 0.3) is 0 Å². The fourth-order valence-electron chi connectivity index (χ4n) is 1.92. The molecule has 0 spiro atoms. The van der Waals surface area contributed by atoms with Crippen molar-refractivity contribution in [2.75, 3.05) is 19.0 Å². The molecule has 2 rings (SSSR count). The minimum Gasteiger partial charge on any atom is -0.496 e. The summed E-state index contributed by atoms with van der Waals surface area (Å²) in [7, 11) is 1.54. The Morgan fingerprint density at radius 3 is 2.41 bits per heavy atom. The van der Waals surface area contributed by atoms with E-state index in [1.165, 1.54) is 7.11 Å². The molecule has 114 valence electrons. The number of hydrogen-bond acceptors (Lipinski definition) is 4. The molecule has 0 saturated carbocycles. The van der Waals surface area contributed by atoms with Crippen molar-refractivity contribution in [1.82, 2.24) is 0 Å². The quantitative estimate of drug-likeness (QED) is 0.832. The van der Waals surface area contributed by atoms with Crippen LogP contribution in [0.4, 0.5) is 5.69 Å². The second-order valence-electron chi connectivity index (χ2n) is 4.56. The first-order chi connectivity index (χ1) is 10.7. The number of carbonyl (C=O) groups excluding carboxylic acids is 2. The van der Waals surface area contributed by atoms with Gasteiger partial charge in [0.05, 0.1) is 13.5 Å². The zero-order valence-corrected chi connectivity index (χ0v) is 12.2. The summed E-state index contributed by atoms with van der Waals surface area (Å²) >= 11 is 0. The highest BCUT2D eigenvalue weighted by atomic mass is 16.5. The van der Waals surface area contributed by atoms with Crippen LogP contribution in [0.2, 0.25) is 0 Å². The van der Waals surface area contributed by atoms with Crippen LogP contribution in [0.15, 0.2) is 54.6 Å². The van der Waals surface area contributed by atoms with E-state index in [1.54, 1.807) is 24.3 Å². The van der Waals surface area contributed by atoms with Crippen LogP contribution in [0, 0.1) is 0 Å². The van der Waals surface area contributed by atoms with Gasteiger partial charge in [-0.15, -0.1) is 0 Å². The first kappa shape index (κ1) is 15.6. The highest BCUT2D eigenvalue weighted by Gasteiger charge is 2.11. The number of para-hydroxylation sites is 2. The van der Waals surface area contributed by atoms with Gasteiger partial charge in [0.1, 0.15) is 5.75 Å². The minimum atomic E-state index is -0.479. The van der Waals surface area contributed by atoms with E-state index in [1.807, 2.05) is 30.3 Å². The Kier molecular flexibility index (Phi) is 5.54. The molecule has 5 nitrogen and oxygen atoms in total. The molecule has 2 aromatic rings. The predicted octanol–water partition coefficient (Wildman–Crippen LogP) is 2.42. The summed E-state index contributed by atoms with van der Waals surface area (Å²) in [4.78, 5) is 23.5. The van der Waals surface area contributed by atoms with Crippen molar-refractivity contribution < 1.29 is 19.1 Å². The fourth-order valence-corrected chi connectivity index (χ4v) is 1.92. The lowest BCUT2D eigenvalue weighted by Gasteiger charge is -2.09. The summed E-state index contributed by atoms with van der Waals surface area (Å²) in [5, 5.41) is 2.64. The maximum absolute atomic E-state index is 11.8. The number of carbonyl (C=O) groups is 2. The lowest BCUT2D eigenvalue weighted by molar-refractivity contribution is -0.146. The summed E-state index contributed by atoms with van der Waals surface area (Å²) in [5.41, 5.74) is 1.38. The molecule has 0 atom stereocenters. The van der Waals surface area contributed by atoms with Crippen molar-refractivity contribution in [3.05, 3.63) is 60.2 Å². The average molecular weight is 299 g/mol. The van der Waals surface area contributed by atoms with Gasteiger partial charge in [0, 0.05) is 11.3 Å². The zero-order valence-electron chi connectivity index (χ0n) is 12.2. The molecule has 0 aliphatic carbocycles. The molecule has 1 amide bonds. The minimum absolute atomic E-state index is 0.0582. The first-order valence-electron chi connectivity index (χ1n) is 6.81. The van der Waals surface area contributed by atoms with Gasteiger partial charge in [-0.1, -0.05) is 36.4 Å². The molecule has 0 aliphatic rings. The highest BCUT2D eigenvalue weighted by molar-refractivity contribution is 5.92. The number of rotatable bonds is 6. The van der Waals surface area contributed by atoms with Crippen LogP contribution in [0.1, 0.15) is 5.56 Å². The molecule has 5 heteroatoms. The average Bonchev–Trinajstić information content (AvgIpc) is 2.54. The van der Waals surface area contributed by atoms with Crippen molar-refractivity contribution in [2.45, 2.75) is 6.42 Å². The van der Waals surface area contributed by atoms with Gasteiger partial charge in [-0.2, -0.15) is 0 Å². The summed E-state index contributed by atoms with van der Waals surface area (Å²) in [6.07, 6.45) is 0.0582. The number of hydrogen-bond donors (Lipinski definition) is 1. The van der Waals surface area contributed by atoms with Crippen LogP contribution in [0.5, 0.6) is 5.75 Å². The number of anilines is 1. The summed E-state index contributed by atoms with van der Waals surface area (Å²) in [6.45, 7) is -0.317. The molecule has 0 aromatic heterocycles. The predicted molar refractivity (Wildman–Crippen MR) is 82.7 cm³/mol. The van der Waals surface area contributed by atoms with E-state index in [-0.39, 0.29) is 18.9 Å². The van der Waals surface area contributed by atoms with Gasteiger partial charge in [0.2, 0.25) is 0 Å².